The summed E-state index contributed by atoms with van der Waals surface area (Å²) >= 11 is 5.76. The second-order valence-electron chi connectivity index (χ2n) is 3.71. The van der Waals surface area contributed by atoms with Gasteiger partial charge in [-0.2, -0.15) is 0 Å². The molecule has 0 atom stereocenters. The standard InChI is InChI=1S/C13H18ClNO2/c1-3-15(7-8-17-2)13(16)12-6-4-5-11(9-12)10-14/h4-6,9H,3,7-8,10H2,1-2H3. The van der Waals surface area contributed by atoms with Gasteiger partial charge in [-0.05, 0) is 24.6 Å². The normalized spacial score (nSPS) is 10.3. The lowest BCUT2D eigenvalue weighted by Crippen LogP contribution is -2.33. The van der Waals surface area contributed by atoms with Crippen molar-refractivity contribution in [1.82, 2.24) is 4.90 Å². The first-order valence-corrected chi connectivity index (χ1v) is 6.19. The third-order valence-corrected chi connectivity index (χ3v) is 2.87. The second-order valence-corrected chi connectivity index (χ2v) is 3.98. The number of amides is 1. The Labute approximate surface area is 107 Å². The Hall–Kier alpha value is -1.06. The van der Waals surface area contributed by atoms with E-state index in [4.69, 9.17) is 16.3 Å². The molecule has 0 aromatic heterocycles. The van der Waals surface area contributed by atoms with Gasteiger partial charge < -0.3 is 9.64 Å². The van der Waals surface area contributed by atoms with Gasteiger partial charge in [0, 0.05) is 31.6 Å². The highest BCUT2D eigenvalue weighted by molar-refractivity contribution is 6.17. The van der Waals surface area contributed by atoms with Crippen molar-refractivity contribution in [2.24, 2.45) is 0 Å². The van der Waals surface area contributed by atoms with Gasteiger partial charge in [0.15, 0.2) is 0 Å². The number of ether oxygens (including phenoxy) is 1. The summed E-state index contributed by atoms with van der Waals surface area (Å²) in [6, 6.07) is 7.42. The quantitative estimate of drug-likeness (QED) is 0.731. The van der Waals surface area contributed by atoms with E-state index in [1.165, 1.54) is 0 Å². The summed E-state index contributed by atoms with van der Waals surface area (Å²) in [5.74, 6) is 0.446. The minimum Gasteiger partial charge on any atom is -0.383 e. The Morgan fingerprint density at radius 2 is 2.24 bits per heavy atom. The molecule has 94 valence electrons. The van der Waals surface area contributed by atoms with Crippen LogP contribution in [-0.4, -0.2) is 37.6 Å². The SMILES string of the molecule is CCN(CCOC)C(=O)c1cccc(CCl)c1. The average molecular weight is 256 g/mol. The maximum Gasteiger partial charge on any atom is 0.253 e. The predicted molar refractivity (Wildman–Crippen MR) is 69.5 cm³/mol. The highest BCUT2D eigenvalue weighted by atomic mass is 35.5. The van der Waals surface area contributed by atoms with Crippen LogP contribution in [0.5, 0.6) is 0 Å². The largest absolute Gasteiger partial charge is 0.383 e. The third-order valence-electron chi connectivity index (χ3n) is 2.56. The lowest BCUT2D eigenvalue weighted by molar-refractivity contribution is 0.0706. The lowest BCUT2D eigenvalue weighted by atomic mass is 10.1. The molecule has 0 aliphatic heterocycles. The molecule has 0 unspecified atom stereocenters. The highest BCUT2D eigenvalue weighted by Crippen LogP contribution is 2.10. The Bertz CT molecular complexity index is 368. The van der Waals surface area contributed by atoms with Crippen LogP contribution in [0, 0.1) is 0 Å². The lowest BCUT2D eigenvalue weighted by Gasteiger charge is -2.20. The van der Waals surface area contributed by atoms with E-state index in [2.05, 4.69) is 0 Å². The van der Waals surface area contributed by atoms with Gasteiger partial charge in [-0.1, -0.05) is 12.1 Å². The summed E-state index contributed by atoms with van der Waals surface area (Å²) in [4.78, 5) is 13.9. The van der Waals surface area contributed by atoms with Crippen LogP contribution in [0.15, 0.2) is 24.3 Å². The van der Waals surface area contributed by atoms with Crippen LogP contribution in [0.1, 0.15) is 22.8 Å². The number of likely N-dealkylation sites (N-methyl/N-ethyl adjacent to an activating group) is 1. The number of hydrogen-bond donors (Lipinski definition) is 0. The molecule has 1 aromatic carbocycles. The van der Waals surface area contributed by atoms with Crippen LogP contribution in [0.3, 0.4) is 0 Å². The topological polar surface area (TPSA) is 29.5 Å². The van der Waals surface area contributed by atoms with E-state index in [1.807, 2.05) is 31.2 Å². The molecule has 0 spiro atoms. The molecular weight excluding hydrogens is 238 g/mol. The van der Waals surface area contributed by atoms with Crippen molar-refractivity contribution < 1.29 is 9.53 Å². The molecule has 1 rings (SSSR count). The summed E-state index contributed by atoms with van der Waals surface area (Å²) in [6.45, 7) is 3.79. The third kappa shape index (κ3) is 4.02. The van der Waals surface area contributed by atoms with Crippen LogP contribution in [0.25, 0.3) is 0 Å². The molecule has 0 bridgehead atoms. The van der Waals surface area contributed by atoms with Gasteiger partial charge in [0.25, 0.3) is 5.91 Å². The van der Waals surface area contributed by atoms with Crippen molar-refractivity contribution in [3.8, 4) is 0 Å². The molecule has 0 fully saturated rings. The zero-order chi connectivity index (χ0) is 12.7. The van der Waals surface area contributed by atoms with E-state index in [0.29, 0.717) is 31.1 Å². The van der Waals surface area contributed by atoms with Gasteiger partial charge in [0.2, 0.25) is 0 Å². The first-order valence-electron chi connectivity index (χ1n) is 5.66. The Kier molecular flexibility index (Phi) is 6.01. The van der Waals surface area contributed by atoms with Gasteiger partial charge in [0.05, 0.1) is 6.61 Å². The van der Waals surface area contributed by atoms with Crippen molar-refractivity contribution in [1.29, 1.82) is 0 Å². The fraction of sp³-hybridized carbons (Fsp3) is 0.462. The van der Waals surface area contributed by atoms with Crippen molar-refractivity contribution in [3.63, 3.8) is 0 Å². The molecule has 1 amide bonds. The van der Waals surface area contributed by atoms with Crippen molar-refractivity contribution in [2.75, 3.05) is 26.8 Å². The molecule has 4 heteroatoms. The first-order chi connectivity index (χ1) is 8.22. The molecule has 0 radical (unpaired) electrons. The van der Waals surface area contributed by atoms with Gasteiger partial charge >= 0.3 is 0 Å². The monoisotopic (exact) mass is 255 g/mol. The highest BCUT2D eigenvalue weighted by Gasteiger charge is 2.13. The molecule has 0 aliphatic rings. The molecule has 0 saturated heterocycles. The van der Waals surface area contributed by atoms with Crippen molar-refractivity contribution >= 4 is 17.5 Å². The zero-order valence-electron chi connectivity index (χ0n) is 10.3. The molecule has 1 aromatic rings. The average Bonchev–Trinajstić information content (AvgIpc) is 2.39. The summed E-state index contributed by atoms with van der Waals surface area (Å²) in [7, 11) is 1.63. The van der Waals surface area contributed by atoms with E-state index in [-0.39, 0.29) is 5.91 Å². The first kappa shape index (κ1) is 14.0. The maximum absolute atomic E-state index is 12.2. The van der Waals surface area contributed by atoms with Crippen LogP contribution in [0.2, 0.25) is 0 Å². The van der Waals surface area contributed by atoms with Crippen molar-refractivity contribution in [2.45, 2.75) is 12.8 Å². The number of alkyl halides is 1. The number of rotatable bonds is 6. The number of benzene rings is 1. The second kappa shape index (κ2) is 7.30. The maximum atomic E-state index is 12.2. The number of halogens is 1. The van der Waals surface area contributed by atoms with E-state index in [1.54, 1.807) is 12.0 Å². The van der Waals surface area contributed by atoms with Crippen molar-refractivity contribution in [3.05, 3.63) is 35.4 Å². The number of carbonyl (C=O) groups excluding carboxylic acids is 1. The van der Waals surface area contributed by atoms with E-state index < -0.39 is 0 Å². The molecule has 0 N–H and O–H groups in total. The summed E-state index contributed by atoms with van der Waals surface area (Å²) in [6.07, 6.45) is 0. The number of nitrogens with zero attached hydrogens (tertiary/aromatic N) is 1. The van der Waals surface area contributed by atoms with Gasteiger partial charge in [-0.3, -0.25) is 4.79 Å². The molecule has 0 saturated carbocycles. The van der Waals surface area contributed by atoms with E-state index in [0.717, 1.165) is 5.56 Å². The fourth-order valence-corrected chi connectivity index (χ4v) is 1.74. The minimum atomic E-state index is 0.0246. The van der Waals surface area contributed by atoms with Crippen LogP contribution in [-0.2, 0) is 10.6 Å². The zero-order valence-corrected chi connectivity index (χ0v) is 11.0. The fourth-order valence-electron chi connectivity index (χ4n) is 1.57. The molecule has 17 heavy (non-hydrogen) atoms. The number of hydrogen-bond acceptors (Lipinski definition) is 2. The summed E-state index contributed by atoms with van der Waals surface area (Å²) < 4.78 is 4.99. The van der Waals surface area contributed by atoms with Crippen LogP contribution < -0.4 is 0 Å². The molecule has 0 heterocycles. The predicted octanol–water partition coefficient (Wildman–Crippen LogP) is 2.53. The smallest absolute Gasteiger partial charge is 0.253 e. The van der Waals surface area contributed by atoms with Gasteiger partial charge in [0.1, 0.15) is 0 Å². The number of carbonyl (C=O) groups is 1. The van der Waals surface area contributed by atoms with E-state index >= 15 is 0 Å². The molecule has 0 aliphatic carbocycles. The Balaban J connectivity index is 2.78. The van der Waals surface area contributed by atoms with Crippen LogP contribution in [0.4, 0.5) is 0 Å². The van der Waals surface area contributed by atoms with Crippen LogP contribution >= 0.6 is 11.6 Å². The Morgan fingerprint density at radius 3 is 2.82 bits per heavy atom. The van der Waals surface area contributed by atoms with Gasteiger partial charge in [-0.25, -0.2) is 0 Å². The minimum absolute atomic E-state index is 0.0246. The van der Waals surface area contributed by atoms with Gasteiger partial charge in [-0.15, -0.1) is 11.6 Å². The van der Waals surface area contributed by atoms with E-state index in [9.17, 15) is 4.79 Å². The number of methoxy groups -OCH3 is 1. The summed E-state index contributed by atoms with van der Waals surface area (Å²) in [5.41, 5.74) is 1.64. The summed E-state index contributed by atoms with van der Waals surface area (Å²) in [5, 5.41) is 0. The molecule has 3 nitrogen and oxygen atoms in total. The molecular formula is C13H18ClNO2. The Morgan fingerprint density at radius 1 is 1.47 bits per heavy atom.